The Morgan fingerprint density at radius 3 is 2.60 bits per heavy atom. The molecule has 0 amide bonds. The van der Waals surface area contributed by atoms with E-state index in [2.05, 4.69) is 5.32 Å². The van der Waals surface area contributed by atoms with Crippen LogP contribution < -0.4 is 5.32 Å². The van der Waals surface area contributed by atoms with E-state index < -0.39 is 11.9 Å². The summed E-state index contributed by atoms with van der Waals surface area (Å²) < 4.78 is 19.0. The summed E-state index contributed by atoms with van der Waals surface area (Å²) in [5.74, 6) is 0.889. The summed E-state index contributed by atoms with van der Waals surface area (Å²) in [6.07, 6.45) is -0.605. The van der Waals surface area contributed by atoms with Crippen molar-refractivity contribution in [3.05, 3.63) is 82.8 Å². The second kappa shape index (κ2) is 7.83. The van der Waals surface area contributed by atoms with E-state index in [1.54, 1.807) is 6.07 Å². The Kier molecular flexibility index (Phi) is 5.53. The molecule has 1 heterocycles. The first-order chi connectivity index (χ1) is 12.0. The lowest BCUT2D eigenvalue weighted by Gasteiger charge is -2.20. The quantitative estimate of drug-likeness (QED) is 0.654. The first-order valence-corrected chi connectivity index (χ1v) is 8.43. The Morgan fingerprint density at radius 1 is 1.12 bits per heavy atom. The lowest BCUT2D eigenvalue weighted by molar-refractivity contribution is 0.134. The highest BCUT2D eigenvalue weighted by Gasteiger charge is 2.16. The van der Waals surface area contributed by atoms with Crippen LogP contribution in [0.4, 0.5) is 4.39 Å². The molecular formula is C20H19ClFNO2. The molecule has 2 aromatic carbocycles. The number of furan rings is 1. The average molecular weight is 360 g/mol. The molecular weight excluding hydrogens is 341 g/mol. The predicted molar refractivity (Wildman–Crippen MR) is 96.8 cm³/mol. The summed E-state index contributed by atoms with van der Waals surface area (Å²) in [6.45, 7) is 2.39. The van der Waals surface area contributed by atoms with Gasteiger partial charge in [-0.1, -0.05) is 41.9 Å². The van der Waals surface area contributed by atoms with Gasteiger partial charge in [-0.05, 0) is 42.8 Å². The van der Waals surface area contributed by atoms with Crippen LogP contribution in [-0.2, 0) is 6.54 Å². The minimum atomic E-state index is -0.605. The number of hydrogen-bond acceptors (Lipinski definition) is 3. The topological polar surface area (TPSA) is 45.4 Å². The molecule has 2 atom stereocenters. The molecule has 0 saturated heterocycles. The van der Waals surface area contributed by atoms with Crippen molar-refractivity contribution in [2.75, 3.05) is 0 Å². The highest BCUT2D eigenvalue weighted by Crippen LogP contribution is 2.26. The van der Waals surface area contributed by atoms with Crippen LogP contribution in [0.1, 0.15) is 24.4 Å². The van der Waals surface area contributed by atoms with Crippen LogP contribution >= 0.6 is 11.6 Å². The SMILES string of the molecule is CC(NCc1ccc(-c2ccc(F)c(Cl)c2)o1)C(O)c1ccccc1. The summed E-state index contributed by atoms with van der Waals surface area (Å²) in [7, 11) is 0. The molecule has 5 heteroatoms. The number of hydrogen-bond donors (Lipinski definition) is 2. The van der Waals surface area contributed by atoms with Gasteiger partial charge in [0, 0.05) is 11.6 Å². The third-order valence-electron chi connectivity index (χ3n) is 4.08. The molecule has 1 aromatic heterocycles. The molecule has 0 radical (unpaired) electrons. The summed E-state index contributed by atoms with van der Waals surface area (Å²) in [5, 5.41) is 13.7. The molecule has 0 spiro atoms. The number of aliphatic hydroxyl groups excluding tert-OH is 1. The Balaban J connectivity index is 1.62. The van der Waals surface area contributed by atoms with Gasteiger partial charge < -0.3 is 14.8 Å². The summed E-state index contributed by atoms with van der Waals surface area (Å²) >= 11 is 5.81. The maximum absolute atomic E-state index is 13.2. The van der Waals surface area contributed by atoms with Crippen LogP contribution in [0.25, 0.3) is 11.3 Å². The third kappa shape index (κ3) is 4.28. The smallest absolute Gasteiger partial charge is 0.141 e. The number of nitrogens with one attached hydrogen (secondary N) is 1. The van der Waals surface area contributed by atoms with Gasteiger partial charge in [-0.3, -0.25) is 0 Å². The molecule has 3 rings (SSSR count). The third-order valence-corrected chi connectivity index (χ3v) is 4.37. The Bertz CT molecular complexity index is 835. The normalized spacial score (nSPS) is 13.6. The zero-order chi connectivity index (χ0) is 17.8. The van der Waals surface area contributed by atoms with Gasteiger partial charge in [-0.2, -0.15) is 0 Å². The zero-order valence-corrected chi connectivity index (χ0v) is 14.5. The van der Waals surface area contributed by atoms with Crippen molar-refractivity contribution in [2.45, 2.75) is 25.6 Å². The number of halogens is 2. The van der Waals surface area contributed by atoms with Gasteiger partial charge in [0.1, 0.15) is 17.3 Å². The van der Waals surface area contributed by atoms with E-state index in [1.165, 1.54) is 12.1 Å². The largest absolute Gasteiger partial charge is 0.460 e. The average Bonchev–Trinajstić information content (AvgIpc) is 3.11. The lowest BCUT2D eigenvalue weighted by Crippen LogP contribution is -2.31. The van der Waals surface area contributed by atoms with Crippen molar-refractivity contribution in [1.29, 1.82) is 0 Å². The van der Waals surface area contributed by atoms with Gasteiger partial charge in [0.15, 0.2) is 0 Å². The molecule has 2 unspecified atom stereocenters. The summed E-state index contributed by atoms with van der Waals surface area (Å²) in [6, 6.07) is 17.5. The van der Waals surface area contributed by atoms with Crippen LogP contribution in [0.15, 0.2) is 65.1 Å². The van der Waals surface area contributed by atoms with Crippen molar-refractivity contribution >= 4 is 11.6 Å². The maximum Gasteiger partial charge on any atom is 0.141 e. The van der Waals surface area contributed by atoms with Crippen LogP contribution in [0.3, 0.4) is 0 Å². The molecule has 25 heavy (non-hydrogen) atoms. The standard InChI is InChI=1S/C20H19ClFNO2/c1-13(20(24)14-5-3-2-4-6-14)23-12-16-8-10-19(25-16)15-7-9-18(22)17(21)11-15/h2-11,13,20,23-24H,12H2,1H3. The van der Waals surface area contributed by atoms with Crippen LogP contribution in [-0.4, -0.2) is 11.1 Å². The van der Waals surface area contributed by atoms with E-state index in [0.29, 0.717) is 12.3 Å². The van der Waals surface area contributed by atoms with E-state index in [4.69, 9.17) is 16.0 Å². The Hall–Kier alpha value is -2.14. The van der Waals surface area contributed by atoms with Gasteiger partial charge in [-0.15, -0.1) is 0 Å². The van der Waals surface area contributed by atoms with Crippen LogP contribution in [0, 0.1) is 5.82 Å². The van der Waals surface area contributed by atoms with Crippen molar-refractivity contribution < 1.29 is 13.9 Å². The molecule has 0 aliphatic heterocycles. The van der Waals surface area contributed by atoms with Gasteiger partial charge in [0.05, 0.1) is 17.7 Å². The van der Waals surface area contributed by atoms with E-state index >= 15 is 0 Å². The van der Waals surface area contributed by atoms with Gasteiger partial charge >= 0.3 is 0 Å². The highest BCUT2D eigenvalue weighted by atomic mass is 35.5. The molecule has 0 fully saturated rings. The number of rotatable bonds is 6. The molecule has 130 valence electrons. The van der Waals surface area contributed by atoms with E-state index in [1.807, 2.05) is 49.4 Å². The Morgan fingerprint density at radius 2 is 1.88 bits per heavy atom. The van der Waals surface area contributed by atoms with Crippen molar-refractivity contribution in [3.8, 4) is 11.3 Å². The second-order valence-corrected chi connectivity index (χ2v) is 6.33. The fourth-order valence-electron chi connectivity index (χ4n) is 2.59. The lowest BCUT2D eigenvalue weighted by atomic mass is 10.0. The predicted octanol–water partition coefficient (Wildman–Crippen LogP) is 4.95. The first-order valence-electron chi connectivity index (χ1n) is 8.05. The molecule has 3 aromatic rings. The van der Waals surface area contributed by atoms with Crippen molar-refractivity contribution in [3.63, 3.8) is 0 Å². The van der Waals surface area contributed by atoms with Crippen molar-refractivity contribution in [2.24, 2.45) is 0 Å². The highest BCUT2D eigenvalue weighted by molar-refractivity contribution is 6.31. The van der Waals surface area contributed by atoms with Gasteiger partial charge in [0.2, 0.25) is 0 Å². The zero-order valence-electron chi connectivity index (χ0n) is 13.7. The van der Waals surface area contributed by atoms with Crippen LogP contribution in [0.2, 0.25) is 5.02 Å². The molecule has 3 nitrogen and oxygen atoms in total. The second-order valence-electron chi connectivity index (χ2n) is 5.92. The van der Waals surface area contributed by atoms with Crippen molar-refractivity contribution in [1.82, 2.24) is 5.32 Å². The summed E-state index contributed by atoms with van der Waals surface area (Å²) in [4.78, 5) is 0. The minimum absolute atomic E-state index is 0.0631. The first kappa shape index (κ1) is 17.7. The fraction of sp³-hybridized carbons (Fsp3) is 0.200. The van der Waals surface area contributed by atoms with E-state index in [9.17, 15) is 9.50 Å². The minimum Gasteiger partial charge on any atom is -0.460 e. The fourth-order valence-corrected chi connectivity index (χ4v) is 2.77. The van der Waals surface area contributed by atoms with Crippen LogP contribution in [0.5, 0.6) is 0 Å². The molecule has 0 saturated carbocycles. The number of aliphatic hydroxyl groups is 1. The Labute approximate surface area is 151 Å². The molecule has 0 aliphatic carbocycles. The maximum atomic E-state index is 13.2. The van der Waals surface area contributed by atoms with E-state index in [-0.39, 0.29) is 11.1 Å². The molecule has 0 bridgehead atoms. The van der Waals surface area contributed by atoms with E-state index in [0.717, 1.165) is 16.9 Å². The number of benzene rings is 2. The summed E-state index contributed by atoms with van der Waals surface area (Å²) in [5.41, 5.74) is 1.58. The van der Waals surface area contributed by atoms with Gasteiger partial charge in [-0.25, -0.2) is 4.39 Å². The molecule has 2 N–H and O–H groups in total. The van der Waals surface area contributed by atoms with Gasteiger partial charge in [0.25, 0.3) is 0 Å². The monoisotopic (exact) mass is 359 g/mol. The molecule has 0 aliphatic rings.